The summed E-state index contributed by atoms with van der Waals surface area (Å²) in [6.07, 6.45) is 9.77. The molecule has 5 aromatic rings. The third kappa shape index (κ3) is 3.64. The number of aryl methyl sites for hydroxylation is 1. The van der Waals surface area contributed by atoms with E-state index in [0.29, 0.717) is 0 Å². The van der Waals surface area contributed by atoms with E-state index in [4.69, 9.17) is 0 Å². The Hall–Kier alpha value is -4.30. The normalized spacial score (nSPS) is 13.0. The van der Waals surface area contributed by atoms with E-state index in [1.165, 1.54) is 44.6 Å². The summed E-state index contributed by atoms with van der Waals surface area (Å²) in [5, 5.41) is 0. The third-order valence-corrected chi connectivity index (χ3v) is 6.52. The van der Waals surface area contributed by atoms with Gasteiger partial charge in [-0.3, -0.25) is 0 Å². The van der Waals surface area contributed by atoms with E-state index in [-0.39, 0.29) is 0 Å². The first-order chi connectivity index (χ1) is 16.8. The fraction of sp³-hybridized carbons (Fsp3) is 0.0625. The summed E-state index contributed by atoms with van der Waals surface area (Å²) in [6.45, 7) is 2.17. The molecule has 2 nitrogen and oxygen atoms in total. The fourth-order valence-electron chi connectivity index (χ4n) is 4.86. The number of allylic oxidation sites excluding steroid dienone is 1. The van der Waals surface area contributed by atoms with Gasteiger partial charge in [0.05, 0.1) is 20.5 Å². The van der Waals surface area contributed by atoms with Gasteiger partial charge < -0.3 is 0 Å². The Morgan fingerprint density at radius 1 is 0.588 bits per heavy atom. The molecule has 0 fully saturated rings. The maximum atomic E-state index is 2.32. The zero-order valence-corrected chi connectivity index (χ0v) is 19.2. The van der Waals surface area contributed by atoms with Crippen LogP contribution in [0, 0.1) is 6.92 Å². The van der Waals surface area contributed by atoms with Crippen molar-refractivity contribution in [2.24, 2.45) is 0 Å². The molecule has 0 spiro atoms. The molecule has 162 valence electrons. The van der Waals surface area contributed by atoms with Gasteiger partial charge in [0.2, 0.25) is 12.4 Å². The molecule has 2 aromatic heterocycles. The minimum Gasteiger partial charge on any atom is -0.0795 e. The highest BCUT2D eigenvalue weighted by molar-refractivity contribution is 5.73. The molecule has 3 aromatic carbocycles. The Bertz CT molecular complexity index is 1530. The third-order valence-electron chi connectivity index (χ3n) is 6.52. The van der Waals surface area contributed by atoms with Gasteiger partial charge in [0, 0.05) is 24.3 Å². The van der Waals surface area contributed by atoms with Gasteiger partial charge in [-0.05, 0) is 53.8 Å². The molecular formula is C32H26N2+2. The lowest BCUT2D eigenvalue weighted by molar-refractivity contribution is -1.29. The standard InChI is InChI=1S/C32H26N2/c1-24-17-18-30-28(22-24)14-9-13-26-12-5-6-15-29(26)31-16-7-8-20-33(31)34-21-19-27(23-32(30)34)25-10-3-2-4-11-25/h2-13,15-23H,14H2,1H3/q+2/b13-9+. The van der Waals surface area contributed by atoms with Crippen LogP contribution in [0.4, 0.5) is 0 Å². The summed E-state index contributed by atoms with van der Waals surface area (Å²) in [6, 6.07) is 37.0. The van der Waals surface area contributed by atoms with Crippen LogP contribution in [0.2, 0.25) is 0 Å². The number of pyridine rings is 2. The van der Waals surface area contributed by atoms with E-state index in [2.05, 4.69) is 144 Å². The first-order valence-electron chi connectivity index (χ1n) is 11.8. The van der Waals surface area contributed by atoms with Crippen LogP contribution in [0.3, 0.4) is 0 Å². The topological polar surface area (TPSA) is 7.76 Å². The molecule has 6 rings (SSSR count). The lowest BCUT2D eigenvalue weighted by atomic mass is 9.96. The number of aromatic nitrogens is 2. The van der Waals surface area contributed by atoms with Crippen LogP contribution >= 0.6 is 0 Å². The summed E-state index contributed by atoms with van der Waals surface area (Å²) < 4.78 is 4.53. The second kappa shape index (κ2) is 8.57. The van der Waals surface area contributed by atoms with Crippen molar-refractivity contribution in [1.29, 1.82) is 0 Å². The Kier molecular flexibility index (Phi) is 5.12. The summed E-state index contributed by atoms with van der Waals surface area (Å²) in [4.78, 5) is 0. The van der Waals surface area contributed by atoms with Crippen molar-refractivity contribution in [1.82, 2.24) is 0 Å². The van der Waals surface area contributed by atoms with E-state index in [9.17, 15) is 0 Å². The number of hydrogen-bond donors (Lipinski definition) is 0. The van der Waals surface area contributed by atoms with Crippen molar-refractivity contribution in [2.75, 3.05) is 0 Å². The van der Waals surface area contributed by atoms with Gasteiger partial charge in [-0.2, -0.15) is 0 Å². The summed E-state index contributed by atoms with van der Waals surface area (Å²) in [5.41, 5.74) is 11.0. The van der Waals surface area contributed by atoms with Crippen molar-refractivity contribution < 1.29 is 9.35 Å². The van der Waals surface area contributed by atoms with Gasteiger partial charge in [-0.15, -0.1) is 0 Å². The van der Waals surface area contributed by atoms with E-state index < -0.39 is 0 Å². The van der Waals surface area contributed by atoms with Gasteiger partial charge >= 0.3 is 0 Å². The number of fused-ring (bicyclic) bond motifs is 7. The molecule has 2 heteroatoms. The van der Waals surface area contributed by atoms with Crippen LogP contribution in [-0.4, -0.2) is 0 Å². The molecule has 0 saturated heterocycles. The quantitative estimate of drug-likeness (QED) is 0.266. The Balaban J connectivity index is 1.70. The van der Waals surface area contributed by atoms with Crippen LogP contribution < -0.4 is 9.35 Å². The highest BCUT2D eigenvalue weighted by Gasteiger charge is 2.29. The molecule has 1 aliphatic heterocycles. The second-order valence-corrected chi connectivity index (χ2v) is 8.80. The van der Waals surface area contributed by atoms with E-state index in [1.807, 2.05) is 0 Å². The molecule has 0 N–H and O–H groups in total. The van der Waals surface area contributed by atoms with E-state index in [1.54, 1.807) is 0 Å². The molecule has 0 atom stereocenters. The molecule has 1 aliphatic rings. The largest absolute Gasteiger partial charge is 0.285 e. The number of benzene rings is 3. The zero-order chi connectivity index (χ0) is 22.9. The summed E-state index contributed by atoms with van der Waals surface area (Å²) >= 11 is 0. The van der Waals surface area contributed by atoms with Crippen molar-refractivity contribution in [3.8, 4) is 33.6 Å². The number of rotatable bonds is 1. The van der Waals surface area contributed by atoms with Crippen LogP contribution in [0.25, 0.3) is 39.7 Å². The molecular weight excluding hydrogens is 412 g/mol. The van der Waals surface area contributed by atoms with Crippen LogP contribution in [-0.2, 0) is 6.42 Å². The number of hydrogen-bond acceptors (Lipinski definition) is 0. The van der Waals surface area contributed by atoms with E-state index in [0.717, 1.165) is 12.1 Å². The van der Waals surface area contributed by atoms with Crippen LogP contribution in [0.1, 0.15) is 16.7 Å². The molecule has 0 saturated carbocycles. The first-order valence-corrected chi connectivity index (χ1v) is 11.8. The average molecular weight is 439 g/mol. The van der Waals surface area contributed by atoms with Crippen molar-refractivity contribution >= 4 is 6.08 Å². The van der Waals surface area contributed by atoms with Gasteiger partial charge in [0.1, 0.15) is 0 Å². The Morgan fingerprint density at radius 2 is 1.38 bits per heavy atom. The zero-order valence-electron chi connectivity index (χ0n) is 19.2. The maximum Gasteiger partial charge on any atom is 0.285 e. The first kappa shape index (κ1) is 20.3. The van der Waals surface area contributed by atoms with Gasteiger partial charge in [-0.25, -0.2) is 0 Å². The minimum atomic E-state index is 0.877. The molecule has 34 heavy (non-hydrogen) atoms. The molecule has 3 heterocycles. The highest BCUT2D eigenvalue weighted by Crippen LogP contribution is 2.29. The van der Waals surface area contributed by atoms with Crippen molar-refractivity contribution in [3.63, 3.8) is 0 Å². The predicted molar refractivity (Wildman–Crippen MR) is 138 cm³/mol. The highest BCUT2D eigenvalue weighted by atomic mass is 15.4. The van der Waals surface area contributed by atoms with Crippen LogP contribution in [0.15, 0.2) is 122 Å². The smallest absolute Gasteiger partial charge is 0.0795 e. The van der Waals surface area contributed by atoms with Gasteiger partial charge in [0.15, 0.2) is 0 Å². The second-order valence-electron chi connectivity index (χ2n) is 8.80. The molecule has 0 radical (unpaired) electrons. The molecule has 0 bridgehead atoms. The SMILES string of the molecule is Cc1ccc2c(c1)C/C=C/c1ccccc1-c1cccc[n+]1-[n+]1ccc(-c3ccccc3)cc1-2. The lowest BCUT2D eigenvalue weighted by Gasteiger charge is -2.09. The van der Waals surface area contributed by atoms with Crippen molar-refractivity contribution in [3.05, 3.63) is 138 Å². The van der Waals surface area contributed by atoms with Crippen LogP contribution in [0.5, 0.6) is 0 Å². The predicted octanol–water partition coefficient (Wildman–Crippen LogP) is 6.45. The summed E-state index contributed by atoms with van der Waals surface area (Å²) in [5.74, 6) is 0. The summed E-state index contributed by atoms with van der Waals surface area (Å²) in [7, 11) is 0. The molecule has 0 aliphatic carbocycles. The van der Waals surface area contributed by atoms with E-state index >= 15 is 0 Å². The monoisotopic (exact) mass is 438 g/mol. The molecule has 0 unspecified atom stereocenters. The Labute approximate surface area is 200 Å². The Morgan fingerprint density at radius 3 is 2.29 bits per heavy atom. The average Bonchev–Trinajstić information content (AvgIpc) is 2.91. The maximum absolute atomic E-state index is 2.32. The van der Waals surface area contributed by atoms with Crippen molar-refractivity contribution in [2.45, 2.75) is 13.3 Å². The fourth-order valence-corrected chi connectivity index (χ4v) is 4.86. The van der Waals surface area contributed by atoms with Gasteiger partial charge in [-0.1, -0.05) is 78.4 Å². The van der Waals surface area contributed by atoms with Gasteiger partial charge in [0.25, 0.3) is 11.4 Å². The number of nitrogens with zero attached hydrogens (tertiary/aromatic N) is 2. The molecule has 0 amide bonds. The lowest BCUT2D eigenvalue weighted by Crippen LogP contribution is -2.68. The minimum absolute atomic E-state index is 0.877.